The van der Waals surface area contributed by atoms with E-state index in [0.717, 1.165) is 13.2 Å². The second-order valence-corrected chi connectivity index (χ2v) is 10.3. The molecule has 3 heterocycles. The number of benzene rings is 2. The first-order valence-electron chi connectivity index (χ1n) is 13.6. The molecule has 0 bridgehead atoms. The van der Waals surface area contributed by atoms with Crippen molar-refractivity contribution < 1.29 is 37.0 Å². The van der Waals surface area contributed by atoms with Gasteiger partial charge in [0.15, 0.2) is 5.82 Å². The van der Waals surface area contributed by atoms with Crippen molar-refractivity contribution in [3.63, 3.8) is 0 Å². The minimum atomic E-state index is -0.988. The number of piperazine rings is 1. The highest BCUT2D eigenvalue weighted by Crippen LogP contribution is 2.33. The zero-order valence-corrected chi connectivity index (χ0v) is 23.7. The molecule has 11 nitrogen and oxygen atoms in total. The number of hydrogen-bond acceptors (Lipinski definition) is 9. The number of hydrogen-bond donors (Lipinski definition) is 1. The van der Waals surface area contributed by atoms with Gasteiger partial charge in [0.2, 0.25) is 5.43 Å². The van der Waals surface area contributed by atoms with Gasteiger partial charge in [0.1, 0.15) is 40.8 Å². The number of aryl methyl sites for hydroxylation is 1. The standard InChI is InChI=1S/C29H30F3N5O6/c1-4-34-13-18(28(40)42-3)27(39)17-12-20(31)26(23(32)25(17)34)36-9-7-35(8-10-36)21-6-5-16(11-19(21)30)37-14-22(43-29(37)41)24(33)15(2)38/h5-6,11-13,22,24H,4,7-10,14,33H2,1-3H3/t22?,24-/m1/s1. The molecular weight excluding hydrogens is 571 g/mol. The third-order valence-electron chi connectivity index (χ3n) is 7.86. The monoisotopic (exact) mass is 601 g/mol. The van der Waals surface area contributed by atoms with Gasteiger partial charge in [-0.15, -0.1) is 0 Å². The van der Waals surface area contributed by atoms with Crippen LogP contribution in [-0.4, -0.2) is 74.4 Å². The number of halogens is 3. The Morgan fingerprint density at radius 2 is 1.74 bits per heavy atom. The lowest BCUT2D eigenvalue weighted by Crippen LogP contribution is -2.47. The molecule has 3 aromatic rings. The van der Waals surface area contributed by atoms with E-state index in [4.69, 9.17) is 10.5 Å². The summed E-state index contributed by atoms with van der Waals surface area (Å²) >= 11 is 0. The number of nitrogens with two attached hydrogens (primary N) is 1. The molecule has 14 heteroatoms. The first-order valence-corrected chi connectivity index (χ1v) is 13.6. The van der Waals surface area contributed by atoms with Crippen LogP contribution in [0.25, 0.3) is 10.9 Å². The van der Waals surface area contributed by atoms with Crippen molar-refractivity contribution in [1.29, 1.82) is 0 Å². The van der Waals surface area contributed by atoms with Crippen LogP contribution in [0.2, 0.25) is 0 Å². The molecule has 2 N–H and O–H groups in total. The Kier molecular flexibility index (Phi) is 8.06. The van der Waals surface area contributed by atoms with Crippen LogP contribution >= 0.6 is 0 Å². The van der Waals surface area contributed by atoms with Crippen LogP contribution in [0.15, 0.2) is 35.3 Å². The van der Waals surface area contributed by atoms with Crippen LogP contribution < -0.4 is 25.9 Å². The minimum Gasteiger partial charge on any atom is -0.465 e. The van der Waals surface area contributed by atoms with Crippen molar-refractivity contribution in [1.82, 2.24) is 4.57 Å². The van der Waals surface area contributed by atoms with Crippen LogP contribution in [0.3, 0.4) is 0 Å². The molecule has 1 amide bonds. The van der Waals surface area contributed by atoms with Gasteiger partial charge in [-0.1, -0.05) is 0 Å². The highest BCUT2D eigenvalue weighted by Gasteiger charge is 2.38. The largest absolute Gasteiger partial charge is 0.465 e. The maximum Gasteiger partial charge on any atom is 0.414 e. The van der Waals surface area contributed by atoms with E-state index in [0.29, 0.717) is 0 Å². The molecule has 0 saturated carbocycles. The predicted octanol–water partition coefficient (Wildman–Crippen LogP) is 2.79. The number of aromatic nitrogens is 1. The molecule has 2 fully saturated rings. The number of pyridine rings is 1. The number of anilines is 3. The number of carbonyl (C=O) groups excluding carboxylic acids is 3. The van der Waals surface area contributed by atoms with Crippen LogP contribution in [0.4, 0.5) is 35.0 Å². The Morgan fingerprint density at radius 1 is 1.07 bits per heavy atom. The molecule has 2 aliphatic heterocycles. The third kappa shape index (κ3) is 5.26. The summed E-state index contributed by atoms with van der Waals surface area (Å²) in [6, 6.07) is 4.17. The molecule has 0 aliphatic carbocycles. The quantitative estimate of drug-likeness (QED) is 0.407. The first-order chi connectivity index (χ1) is 20.5. The van der Waals surface area contributed by atoms with Gasteiger partial charge in [-0.2, -0.15) is 0 Å². The van der Waals surface area contributed by atoms with Crippen molar-refractivity contribution in [2.24, 2.45) is 5.73 Å². The van der Waals surface area contributed by atoms with Crippen LogP contribution in [-0.2, 0) is 20.8 Å². The Morgan fingerprint density at radius 3 is 2.35 bits per heavy atom. The Hall–Kier alpha value is -4.59. The molecule has 1 aromatic heterocycles. The van der Waals surface area contributed by atoms with E-state index in [1.54, 1.807) is 17.9 Å². The number of rotatable bonds is 7. The summed E-state index contributed by atoms with van der Waals surface area (Å²) < 4.78 is 57.7. The number of ether oxygens (including phenoxy) is 2. The van der Waals surface area contributed by atoms with Gasteiger partial charge >= 0.3 is 12.1 Å². The van der Waals surface area contributed by atoms with E-state index in [9.17, 15) is 19.2 Å². The van der Waals surface area contributed by atoms with Gasteiger partial charge in [0, 0.05) is 38.9 Å². The number of esters is 1. The number of ketones is 1. The lowest BCUT2D eigenvalue weighted by Gasteiger charge is -2.38. The van der Waals surface area contributed by atoms with Gasteiger partial charge in [-0.25, -0.2) is 22.8 Å². The highest BCUT2D eigenvalue weighted by molar-refractivity contribution is 5.95. The summed E-state index contributed by atoms with van der Waals surface area (Å²) in [7, 11) is 1.11. The molecular formula is C29H30F3N5O6. The number of methoxy groups -OCH3 is 1. The number of Topliss-reactive ketones (excluding diaryl/α,β-unsaturated/α-hetero) is 1. The average Bonchev–Trinajstić information content (AvgIpc) is 3.38. The number of nitrogens with zero attached hydrogens (tertiary/aromatic N) is 4. The van der Waals surface area contributed by atoms with Gasteiger partial charge in [-0.3, -0.25) is 14.5 Å². The normalized spacial score (nSPS) is 17.8. The molecule has 43 heavy (non-hydrogen) atoms. The van der Waals surface area contributed by atoms with E-state index < -0.39 is 47.1 Å². The van der Waals surface area contributed by atoms with Gasteiger partial charge in [-0.05, 0) is 38.1 Å². The van der Waals surface area contributed by atoms with E-state index in [2.05, 4.69) is 4.74 Å². The molecule has 0 spiro atoms. The molecule has 2 aliphatic rings. The lowest BCUT2D eigenvalue weighted by molar-refractivity contribution is -0.120. The van der Waals surface area contributed by atoms with Gasteiger partial charge < -0.3 is 29.6 Å². The van der Waals surface area contributed by atoms with Gasteiger partial charge in [0.25, 0.3) is 0 Å². The fourth-order valence-corrected chi connectivity index (χ4v) is 5.51. The fraction of sp³-hybridized carbons (Fsp3) is 0.379. The Bertz CT molecular complexity index is 1690. The second kappa shape index (κ2) is 11.6. The van der Waals surface area contributed by atoms with Crippen molar-refractivity contribution in [2.75, 3.05) is 54.5 Å². The summed E-state index contributed by atoms with van der Waals surface area (Å²) in [6.45, 7) is 3.90. The van der Waals surface area contributed by atoms with Crippen molar-refractivity contribution in [3.05, 3.63) is 63.7 Å². The summed E-state index contributed by atoms with van der Waals surface area (Å²) in [4.78, 5) is 53.2. The zero-order valence-electron chi connectivity index (χ0n) is 23.7. The third-order valence-corrected chi connectivity index (χ3v) is 7.86. The number of amides is 1. The smallest absolute Gasteiger partial charge is 0.414 e. The minimum absolute atomic E-state index is 0.00417. The van der Waals surface area contributed by atoms with E-state index in [1.165, 1.54) is 39.6 Å². The second-order valence-electron chi connectivity index (χ2n) is 10.3. The van der Waals surface area contributed by atoms with E-state index >= 15 is 13.2 Å². The summed E-state index contributed by atoms with van der Waals surface area (Å²) in [6.07, 6.45) is -0.388. The summed E-state index contributed by atoms with van der Waals surface area (Å²) in [5.74, 6) is -3.76. The lowest BCUT2D eigenvalue weighted by atomic mass is 10.1. The summed E-state index contributed by atoms with van der Waals surface area (Å²) in [5, 5.41) is -0.277. The van der Waals surface area contributed by atoms with Crippen molar-refractivity contribution in [3.8, 4) is 0 Å². The average molecular weight is 602 g/mol. The maximum atomic E-state index is 15.9. The van der Waals surface area contributed by atoms with Crippen molar-refractivity contribution in [2.45, 2.75) is 32.5 Å². The van der Waals surface area contributed by atoms with E-state index in [-0.39, 0.29) is 78.6 Å². The van der Waals surface area contributed by atoms with Crippen molar-refractivity contribution >= 4 is 45.8 Å². The molecule has 2 saturated heterocycles. The van der Waals surface area contributed by atoms with E-state index in [1.807, 2.05) is 0 Å². The molecule has 0 radical (unpaired) electrons. The number of cyclic esters (lactones) is 1. The molecule has 2 aromatic carbocycles. The Labute approximate surface area is 244 Å². The van der Waals surface area contributed by atoms with Crippen LogP contribution in [0.5, 0.6) is 0 Å². The SMILES string of the molecule is CCn1cc(C(=O)OC)c(=O)c2cc(F)c(N3CCN(c4ccc(N5CC([C@H](N)C(C)=O)OC5=O)cc4F)CC3)c(F)c21. The molecule has 2 atom stereocenters. The zero-order chi connectivity index (χ0) is 31.2. The molecule has 1 unspecified atom stereocenters. The first kappa shape index (κ1) is 29.9. The van der Waals surface area contributed by atoms with Gasteiger partial charge in [0.05, 0.1) is 35.9 Å². The van der Waals surface area contributed by atoms with Crippen LogP contribution in [0, 0.1) is 17.5 Å². The molecule has 228 valence electrons. The number of fused-ring (bicyclic) bond motifs is 1. The molecule has 5 rings (SSSR count). The summed E-state index contributed by atoms with van der Waals surface area (Å²) in [5.41, 5.74) is 4.66. The topological polar surface area (TPSA) is 127 Å². The maximum absolute atomic E-state index is 15.9. The highest BCUT2D eigenvalue weighted by atomic mass is 19.1. The fourth-order valence-electron chi connectivity index (χ4n) is 5.51. The number of carbonyl (C=O) groups is 3. The predicted molar refractivity (Wildman–Crippen MR) is 152 cm³/mol. The Balaban J connectivity index is 1.36. The van der Waals surface area contributed by atoms with Crippen LogP contribution in [0.1, 0.15) is 24.2 Å².